The van der Waals surface area contributed by atoms with Gasteiger partial charge in [-0.05, 0) is 89.2 Å². The second-order valence-corrected chi connectivity index (χ2v) is 14.2. The summed E-state index contributed by atoms with van der Waals surface area (Å²) in [6.07, 6.45) is 5.74. The Kier molecular flexibility index (Phi) is 12.7. The van der Waals surface area contributed by atoms with Crippen molar-refractivity contribution in [2.45, 2.75) is 70.7 Å². The summed E-state index contributed by atoms with van der Waals surface area (Å²) in [6.45, 7) is 7.11. The summed E-state index contributed by atoms with van der Waals surface area (Å²) in [5.74, 6) is -2.52. The molecule has 0 bridgehead atoms. The average molecular weight is 712 g/mol. The van der Waals surface area contributed by atoms with E-state index in [1.807, 2.05) is 56.9 Å². The molecule has 50 heavy (non-hydrogen) atoms. The van der Waals surface area contributed by atoms with Gasteiger partial charge in [-0.2, -0.15) is 0 Å². The Morgan fingerprint density at radius 2 is 1.68 bits per heavy atom. The molecule has 1 aromatic heterocycles. The number of ketones is 1. The van der Waals surface area contributed by atoms with Crippen LogP contribution < -0.4 is 10.6 Å². The molecule has 3 heterocycles. The number of aromatic nitrogens is 1. The summed E-state index contributed by atoms with van der Waals surface area (Å²) in [4.78, 5) is 44.4. The highest BCUT2D eigenvalue weighted by Crippen LogP contribution is 2.39. The topological polar surface area (TPSA) is 105 Å². The number of amides is 1. The number of carbonyl (C=O) groups excluding carboxylic acids is 3. The van der Waals surface area contributed by atoms with Crippen molar-refractivity contribution in [3.05, 3.63) is 64.6 Å². The third-order valence-electron chi connectivity index (χ3n) is 9.89. The molecule has 3 aromatic rings. The van der Waals surface area contributed by atoms with E-state index < -0.39 is 17.6 Å². The van der Waals surface area contributed by atoms with Crippen molar-refractivity contribution in [2.24, 2.45) is 18.9 Å². The zero-order valence-electron chi connectivity index (χ0n) is 29.9. The zero-order valence-corrected chi connectivity index (χ0v) is 30.7. The maximum absolute atomic E-state index is 15.8. The number of aryl methyl sites for hydroxylation is 1. The van der Waals surface area contributed by atoms with Gasteiger partial charge < -0.3 is 24.7 Å². The van der Waals surface area contributed by atoms with E-state index in [1.165, 1.54) is 12.1 Å². The van der Waals surface area contributed by atoms with Crippen LogP contribution in [0.15, 0.2) is 42.6 Å². The van der Waals surface area contributed by atoms with Crippen LogP contribution in [-0.2, 0) is 32.5 Å². The molecule has 0 radical (unpaired) electrons. The Hall–Kier alpha value is -3.35. The van der Waals surface area contributed by atoms with E-state index in [0.29, 0.717) is 70.0 Å². The second kappa shape index (κ2) is 16.8. The first-order valence-corrected chi connectivity index (χ1v) is 18.2. The summed E-state index contributed by atoms with van der Waals surface area (Å²) in [7, 11) is 5.61. The van der Waals surface area contributed by atoms with Gasteiger partial charge in [0.2, 0.25) is 5.85 Å². The molecule has 3 aliphatic rings. The predicted octanol–water partition coefficient (Wildman–Crippen LogP) is 6.01. The van der Waals surface area contributed by atoms with Crippen LogP contribution in [0.25, 0.3) is 10.9 Å². The van der Waals surface area contributed by atoms with E-state index >= 15 is 4.39 Å². The van der Waals surface area contributed by atoms with Crippen molar-refractivity contribution in [3.8, 4) is 0 Å². The summed E-state index contributed by atoms with van der Waals surface area (Å²) in [5.41, 5.74) is 1.63. The van der Waals surface area contributed by atoms with Crippen molar-refractivity contribution < 1.29 is 28.2 Å². The number of para-hydroxylation sites is 1. The Morgan fingerprint density at radius 3 is 2.32 bits per heavy atom. The number of nitrogens with zero attached hydrogens (tertiary/aromatic N) is 3. The lowest BCUT2D eigenvalue weighted by Crippen LogP contribution is -2.72. The quantitative estimate of drug-likeness (QED) is 0.233. The first-order chi connectivity index (χ1) is 24.0. The third-order valence-corrected chi connectivity index (χ3v) is 10.2. The lowest BCUT2D eigenvalue weighted by Gasteiger charge is -2.55. The lowest BCUT2D eigenvalue weighted by atomic mass is 9.87. The molecule has 3 fully saturated rings. The van der Waals surface area contributed by atoms with Gasteiger partial charge in [0.1, 0.15) is 5.82 Å². The summed E-state index contributed by atoms with van der Waals surface area (Å²) in [5, 5.41) is 6.43. The van der Waals surface area contributed by atoms with E-state index in [2.05, 4.69) is 27.4 Å². The van der Waals surface area contributed by atoms with E-state index in [0.717, 1.165) is 23.7 Å². The number of benzene rings is 2. The molecule has 272 valence electrons. The molecular weight excluding hydrogens is 661 g/mol. The van der Waals surface area contributed by atoms with Crippen LogP contribution in [0.2, 0.25) is 5.02 Å². The molecule has 12 heteroatoms. The number of esters is 1. The minimum atomic E-state index is -1.33. The van der Waals surface area contributed by atoms with Gasteiger partial charge >= 0.3 is 5.97 Å². The van der Waals surface area contributed by atoms with Crippen LogP contribution >= 0.6 is 11.6 Å². The highest BCUT2D eigenvalue weighted by Gasteiger charge is 2.55. The van der Waals surface area contributed by atoms with E-state index in [-0.39, 0.29) is 46.5 Å². The number of rotatable bonds is 11. The third kappa shape index (κ3) is 8.07. The fourth-order valence-electron chi connectivity index (χ4n) is 7.46. The molecule has 1 aliphatic carbocycles. The molecule has 2 aliphatic heterocycles. The maximum atomic E-state index is 15.8. The molecule has 1 amide bonds. The summed E-state index contributed by atoms with van der Waals surface area (Å²) < 4.78 is 29.8. The van der Waals surface area contributed by atoms with Gasteiger partial charge in [-0.3, -0.25) is 24.2 Å². The molecule has 0 spiro atoms. The van der Waals surface area contributed by atoms with E-state index in [4.69, 9.17) is 21.1 Å². The van der Waals surface area contributed by atoms with Gasteiger partial charge in [-0.15, -0.1) is 0 Å². The number of anilines is 1. The zero-order chi connectivity index (χ0) is 36.0. The van der Waals surface area contributed by atoms with E-state index in [9.17, 15) is 14.4 Å². The molecular formula is C38H51ClFN5O5. The van der Waals surface area contributed by atoms with Gasteiger partial charge in [-0.25, -0.2) is 4.39 Å². The first-order valence-electron chi connectivity index (χ1n) is 17.8. The minimum Gasteiger partial charge on any atom is -0.466 e. The van der Waals surface area contributed by atoms with Crippen molar-refractivity contribution in [3.63, 3.8) is 0 Å². The van der Waals surface area contributed by atoms with Crippen LogP contribution in [0, 0.1) is 17.7 Å². The van der Waals surface area contributed by atoms with Crippen LogP contribution in [-0.4, -0.2) is 90.9 Å². The standard InChI is InChI=1S/C36H44ClFN4O5.C2H7N/c1-4-46-35(45)24-11-13-26(14-12-24)47-36(41-15-7-8-16-41,42-20-23(2)21-42)33(43)18-25-17-29(37)31(19-30(25)38)39-34(44)28-22-40(3)32-10-6-5-9-27(28)32;1-3-2/h5-6,9-10,17,19,22-24,26H,4,7-8,11-16,18,20-21H2,1-3H3,(H,39,44);3H,1-2H3. The molecule has 1 unspecified atom stereocenters. The second-order valence-electron chi connectivity index (χ2n) is 13.8. The number of Topliss-reactive ketones (excluding diaryl/α,β-unsaturated/α-hetero) is 1. The fraction of sp³-hybridized carbons (Fsp3) is 0.553. The Morgan fingerprint density at radius 1 is 1.02 bits per heavy atom. The normalized spacial score (nSPS) is 21.2. The number of hydrogen-bond donors (Lipinski definition) is 2. The van der Waals surface area contributed by atoms with Crippen LogP contribution in [0.1, 0.15) is 68.3 Å². The largest absolute Gasteiger partial charge is 0.466 e. The van der Waals surface area contributed by atoms with Gasteiger partial charge in [-0.1, -0.05) is 36.7 Å². The van der Waals surface area contributed by atoms with Crippen LogP contribution in [0.4, 0.5) is 10.1 Å². The molecule has 2 N–H and O–H groups in total. The Balaban J connectivity index is 0.00000156. The molecule has 1 atom stereocenters. The first kappa shape index (κ1) is 37.9. The molecule has 2 saturated heterocycles. The number of nitrogens with one attached hydrogen (secondary N) is 2. The van der Waals surface area contributed by atoms with Gasteiger partial charge in [0, 0.05) is 56.7 Å². The number of halogens is 2. The summed E-state index contributed by atoms with van der Waals surface area (Å²) >= 11 is 6.63. The van der Waals surface area contributed by atoms with Gasteiger partial charge in [0.25, 0.3) is 5.91 Å². The average Bonchev–Trinajstić information content (AvgIpc) is 3.74. The molecule has 2 aromatic carbocycles. The fourth-order valence-corrected chi connectivity index (χ4v) is 7.70. The summed E-state index contributed by atoms with van der Waals surface area (Å²) in [6, 6.07) is 10.2. The maximum Gasteiger partial charge on any atom is 0.308 e. The minimum absolute atomic E-state index is 0.135. The molecule has 6 rings (SSSR count). The number of fused-ring (bicyclic) bond motifs is 1. The van der Waals surface area contributed by atoms with Gasteiger partial charge in [0.15, 0.2) is 5.78 Å². The SMILES string of the molecule is CCOC(=O)C1CCC(OC(C(=O)Cc2cc(Cl)c(NC(=O)c3cn(C)c4ccccc34)cc2F)(N2CCCC2)N2CC(C)C2)CC1.CNC. The molecule has 1 saturated carbocycles. The Labute approximate surface area is 299 Å². The number of likely N-dealkylation sites (tertiary alicyclic amines) is 2. The monoisotopic (exact) mass is 711 g/mol. The van der Waals surface area contributed by atoms with Crippen molar-refractivity contribution >= 4 is 45.9 Å². The van der Waals surface area contributed by atoms with Gasteiger partial charge in [0.05, 0.1) is 34.9 Å². The highest BCUT2D eigenvalue weighted by atomic mass is 35.5. The number of hydrogen-bond acceptors (Lipinski definition) is 8. The van der Waals surface area contributed by atoms with Crippen molar-refractivity contribution in [2.75, 3.05) is 52.2 Å². The smallest absolute Gasteiger partial charge is 0.308 e. The van der Waals surface area contributed by atoms with Crippen molar-refractivity contribution in [1.82, 2.24) is 19.7 Å². The number of carbonyl (C=O) groups is 3. The Bertz CT molecular complexity index is 1660. The van der Waals surface area contributed by atoms with Crippen LogP contribution in [0.3, 0.4) is 0 Å². The van der Waals surface area contributed by atoms with Crippen LogP contribution in [0.5, 0.6) is 0 Å². The predicted molar refractivity (Wildman–Crippen MR) is 194 cm³/mol. The number of ether oxygens (including phenoxy) is 2. The van der Waals surface area contributed by atoms with Crippen molar-refractivity contribution in [1.29, 1.82) is 0 Å². The highest BCUT2D eigenvalue weighted by molar-refractivity contribution is 6.34. The molecule has 10 nitrogen and oxygen atoms in total. The van der Waals surface area contributed by atoms with E-state index in [1.54, 1.807) is 6.20 Å². The lowest BCUT2D eigenvalue weighted by molar-refractivity contribution is -0.275.